The van der Waals surface area contributed by atoms with Crippen molar-refractivity contribution in [3.05, 3.63) is 115 Å². The maximum absolute atomic E-state index is 9.10. The summed E-state index contributed by atoms with van der Waals surface area (Å²) in [5.74, 6) is 1.80. The minimum Gasteiger partial charge on any atom is -0.208 e. The molecule has 5 aromatic rings. The highest BCUT2D eigenvalue weighted by Crippen LogP contribution is 2.27. The zero-order valence-corrected chi connectivity index (χ0v) is 17.2. The van der Waals surface area contributed by atoms with Crippen molar-refractivity contribution in [2.45, 2.75) is 0 Å². The first-order chi connectivity index (χ1) is 15.8. The van der Waals surface area contributed by atoms with Crippen LogP contribution in [-0.4, -0.2) is 15.0 Å². The van der Waals surface area contributed by atoms with Gasteiger partial charge in [-0.3, -0.25) is 0 Å². The van der Waals surface area contributed by atoms with Crippen LogP contribution in [0.5, 0.6) is 0 Å². The van der Waals surface area contributed by atoms with Crippen LogP contribution in [0.3, 0.4) is 0 Å². The fourth-order valence-corrected chi connectivity index (χ4v) is 3.49. The molecule has 1 heterocycles. The fourth-order valence-electron chi connectivity index (χ4n) is 3.49. The summed E-state index contributed by atoms with van der Waals surface area (Å²) in [7, 11) is 0. The third-order valence-corrected chi connectivity index (χ3v) is 5.19. The number of hydrogen-bond donors (Lipinski definition) is 0. The van der Waals surface area contributed by atoms with Gasteiger partial charge in [0.2, 0.25) is 0 Å². The SMILES string of the molecule is N#Cc1ccc(-c2nc(-c3ccccc3)nc(-c3ccc(-c4ccccc4)cc3)n2)cc1. The van der Waals surface area contributed by atoms with Gasteiger partial charge in [0, 0.05) is 16.7 Å². The molecular weight excluding hydrogens is 392 g/mol. The monoisotopic (exact) mass is 410 g/mol. The van der Waals surface area contributed by atoms with E-state index in [2.05, 4.69) is 30.3 Å². The van der Waals surface area contributed by atoms with E-state index in [9.17, 15) is 0 Å². The van der Waals surface area contributed by atoms with Crippen molar-refractivity contribution in [2.24, 2.45) is 0 Å². The zero-order chi connectivity index (χ0) is 21.8. The van der Waals surface area contributed by atoms with E-state index in [-0.39, 0.29) is 0 Å². The van der Waals surface area contributed by atoms with Crippen molar-refractivity contribution < 1.29 is 0 Å². The van der Waals surface area contributed by atoms with Crippen LogP contribution in [0.4, 0.5) is 0 Å². The first-order valence-electron chi connectivity index (χ1n) is 10.3. The van der Waals surface area contributed by atoms with Gasteiger partial charge in [-0.15, -0.1) is 0 Å². The van der Waals surface area contributed by atoms with E-state index in [4.69, 9.17) is 20.2 Å². The molecule has 0 bridgehead atoms. The van der Waals surface area contributed by atoms with E-state index < -0.39 is 0 Å². The van der Waals surface area contributed by atoms with Crippen LogP contribution in [0.2, 0.25) is 0 Å². The molecule has 0 aliphatic carbocycles. The van der Waals surface area contributed by atoms with Crippen LogP contribution in [0.1, 0.15) is 5.56 Å². The van der Waals surface area contributed by atoms with Gasteiger partial charge >= 0.3 is 0 Å². The molecule has 0 aliphatic heterocycles. The second kappa shape index (κ2) is 8.63. The molecule has 0 atom stereocenters. The number of rotatable bonds is 4. The highest BCUT2D eigenvalue weighted by atomic mass is 15.0. The first kappa shape index (κ1) is 19.3. The van der Waals surface area contributed by atoms with Gasteiger partial charge in [0.25, 0.3) is 0 Å². The molecule has 0 fully saturated rings. The number of nitrogens with zero attached hydrogens (tertiary/aromatic N) is 4. The summed E-state index contributed by atoms with van der Waals surface area (Å²) in [5.41, 5.74) is 5.58. The molecule has 4 aromatic carbocycles. The van der Waals surface area contributed by atoms with Crippen molar-refractivity contribution in [1.82, 2.24) is 15.0 Å². The van der Waals surface area contributed by atoms with Gasteiger partial charge in [-0.1, -0.05) is 84.9 Å². The topological polar surface area (TPSA) is 62.5 Å². The van der Waals surface area contributed by atoms with Gasteiger partial charge in [0.1, 0.15) is 0 Å². The molecular formula is C28H18N4. The second-order valence-electron chi connectivity index (χ2n) is 7.30. The number of hydrogen-bond acceptors (Lipinski definition) is 4. The Morgan fingerprint density at radius 3 is 1.22 bits per heavy atom. The van der Waals surface area contributed by atoms with Crippen molar-refractivity contribution in [1.29, 1.82) is 5.26 Å². The Labute approximate surface area is 186 Å². The summed E-state index contributed by atoms with van der Waals surface area (Å²) in [6.45, 7) is 0. The van der Waals surface area contributed by atoms with Gasteiger partial charge in [-0.2, -0.15) is 5.26 Å². The van der Waals surface area contributed by atoms with E-state index in [1.54, 1.807) is 12.1 Å². The van der Waals surface area contributed by atoms with Crippen molar-refractivity contribution >= 4 is 0 Å². The lowest BCUT2D eigenvalue weighted by atomic mass is 10.0. The molecule has 0 amide bonds. The predicted molar refractivity (Wildman–Crippen MR) is 126 cm³/mol. The zero-order valence-electron chi connectivity index (χ0n) is 17.2. The Morgan fingerprint density at radius 2 is 0.750 bits per heavy atom. The Balaban J connectivity index is 1.60. The molecule has 0 saturated heterocycles. The van der Waals surface area contributed by atoms with Crippen LogP contribution in [0, 0.1) is 11.3 Å². The highest BCUT2D eigenvalue weighted by Gasteiger charge is 2.12. The predicted octanol–water partition coefficient (Wildman–Crippen LogP) is 6.41. The molecule has 4 heteroatoms. The molecule has 0 unspecified atom stereocenters. The Kier molecular flexibility index (Phi) is 5.22. The summed E-state index contributed by atoms with van der Waals surface area (Å²) in [6, 6.07) is 37.8. The third-order valence-electron chi connectivity index (χ3n) is 5.19. The van der Waals surface area contributed by atoms with E-state index in [0.717, 1.165) is 27.8 Å². The average molecular weight is 410 g/mol. The van der Waals surface area contributed by atoms with Crippen molar-refractivity contribution in [3.63, 3.8) is 0 Å². The summed E-state index contributed by atoms with van der Waals surface area (Å²) < 4.78 is 0. The number of benzene rings is 4. The van der Waals surface area contributed by atoms with Gasteiger partial charge in [0.15, 0.2) is 17.5 Å². The number of nitriles is 1. The third kappa shape index (κ3) is 4.00. The summed E-state index contributed by atoms with van der Waals surface area (Å²) in [5, 5.41) is 9.10. The van der Waals surface area contributed by atoms with Crippen LogP contribution in [0.15, 0.2) is 109 Å². The highest BCUT2D eigenvalue weighted by molar-refractivity contribution is 5.70. The fraction of sp³-hybridized carbons (Fsp3) is 0. The largest absolute Gasteiger partial charge is 0.208 e. The van der Waals surface area contributed by atoms with Gasteiger partial charge < -0.3 is 0 Å². The van der Waals surface area contributed by atoms with Gasteiger partial charge in [-0.25, -0.2) is 15.0 Å². The van der Waals surface area contributed by atoms with Crippen LogP contribution in [0.25, 0.3) is 45.3 Å². The van der Waals surface area contributed by atoms with Gasteiger partial charge in [-0.05, 0) is 35.4 Å². The summed E-state index contributed by atoms with van der Waals surface area (Å²) in [6.07, 6.45) is 0. The number of aromatic nitrogens is 3. The Hall–Kier alpha value is -4.62. The van der Waals surface area contributed by atoms with Crippen molar-refractivity contribution in [2.75, 3.05) is 0 Å². The van der Waals surface area contributed by atoms with Crippen molar-refractivity contribution in [3.8, 4) is 51.4 Å². The average Bonchev–Trinajstić information content (AvgIpc) is 2.89. The smallest absolute Gasteiger partial charge is 0.164 e. The molecule has 32 heavy (non-hydrogen) atoms. The molecule has 0 aliphatic rings. The molecule has 0 saturated carbocycles. The lowest BCUT2D eigenvalue weighted by molar-refractivity contribution is 1.07. The maximum atomic E-state index is 9.10. The second-order valence-corrected chi connectivity index (χ2v) is 7.30. The Bertz CT molecular complexity index is 1390. The molecule has 0 radical (unpaired) electrons. The van der Waals surface area contributed by atoms with Crippen LogP contribution < -0.4 is 0 Å². The standard InChI is InChI=1S/C28H18N4/c29-19-20-11-13-24(14-12-20)27-30-26(23-9-5-2-6-10-23)31-28(32-27)25-17-15-22(16-18-25)21-7-3-1-4-8-21/h1-18H. The lowest BCUT2D eigenvalue weighted by Gasteiger charge is -2.09. The molecule has 150 valence electrons. The van der Waals surface area contributed by atoms with Gasteiger partial charge in [0.05, 0.1) is 11.6 Å². The molecule has 5 rings (SSSR count). The van der Waals surface area contributed by atoms with E-state index in [0.29, 0.717) is 23.0 Å². The minimum atomic E-state index is 0.575. The van der Waals surface area contributed by atoms with Crippen LogP contribution >= 0.6 is 0 Å². The van der Waals surface area contributed by atoms with E-state index in [1.165, 1.54) is 0 Å². The van der Waals surface area contributed by atoms with E-state index >= 15 is 0 Å². The maximum Gasteiger partial charge on any atom is 0.164 e. The van der Waals surface area contributed by atoms with Crippen LogP contribution in [-0.2, 0) is 0 Å². The first-order valence-corrected chi connectivity index (χ1v) is 10.3. The quantitative estimate of drug-likeness (QED) is 0.343. The summed E-state index contributed by atoms with van der Waals surface area (Å²) >= 11 is 0. The molecule has 4 nitrogen and oxygen atoms in total. The van der Waals surface area contributed by atoms with E-state index in [1.807, 2.05) is 72.8 Å². The summed E-state index contributed by atoms with van der Waals surface area (Å²) in [4.78, 5) is 14.2. The minimum absolute atomic E-state index is 0.575. The molecule has 0 N–H and O–H groups in total. The molecule has 1 aromatic heterocycles. The molecule has 0 spiro atoms. The lowest BCUT2D eigenvalue weighted by Crippen LogP contribution is -2.00. The normalized spacial score (nSPS) is 10.5. The Morgan fingerprint density at radius 1 is 0.406 bits per heavy atom.